The van der Waals surface area contributed by atoms with E-state index in [1.54, 1.807) is 25.2 Å². The van der Waals surface area contributed by atoms with Gasteiger partial charge in [0, 0.05) is 39.1 Å². The van der Waals surface area contributed by atoms with Crippen LogP contribution in [0.1, 0.15) is 18.4 Å². The van der Waals surface area contributed by atoms with E-state index >= 15 is 0 Å². The van der Waals surface area contributed by atoms with Crippen molar-refractivity contribution in [1.29, 1.82) is 0 Å². The molecule has 8 nitrogen and oxygen atoms in total. The first-order valence-electron chi connectivity index (χ1n) is 9.82. The highest BCUT2D eigenvalue weighted by Crippen LogP contribution is 2.24. The maximum atomic E-state index is 13.0. The summed E-state index contributed by atoms with van der Waals surface area (Å²) in [5, 5.41) is 0. The lowest BCUT2D eigenvalue weighted by molar-refractivity contribution is -0.156. The van der Waals surface area contributed by atoms with Crippen LogP contribution in [0.2, 0.25) is 0 Å². The van der Waals surface area contributed by atoms with Crippen LogP contribution >= 0.6 is 0 Å². The van der Waals surface area contributed by atoms with Crippen molar-refractivity contribution in [3.05, 3.63) is 60.2 Å². The minimum Gasteiger partial charge on any atom is -0.455 e. The second-order valence-corrected chi connectivity index (χ2v) is 9.29. The molecule has 2 heterocycles. The largest absolute Gasteiger partial charge is 0.455 e. The number of hydrogen-bond acceptors (Lipinski definition) is 6. The molecule has 1 aliphatic rings. The number of ether oxygens (including phenoxy) is 1. The van der Waals surface area contributed by atoms with E-state index < -0.39 is 28.5 Å². The molecule has 166 valence electrons. The molecule has 31 heavy (non-hydrogen) atoms. The first-order chi connectivity index (χ1) is 14.8. The monoisotopic (exact) mass is 449 g/mol. The number of amides is 1. The van der Waals surface area contributed by atoms with Gasteiger partial charge in [0.25, 0.3) is 5.91 Å². The average Bonchev–Trinajstić information content (AvgIpc) is 2.79. The number of esters is 1. The van der Waals surface area contributed by atoms with Crippen molar-refractivity contribution in [2.75, 3.05) is 26.7 Å². The van der Waals surface area contributed by atoms with Crippen molar-refractivity contribution in [2.45, 2.75) is 24.3 Å². The van der Waals surface area contributed by atoms with Crippen molar-refractivity contribution in [2.24, 2.45) is 5.92 Å². The molecule has 10 heteroatoms. The van der Waals surface area contributed by atoms with Gasteiger partial charge in [0.15, 0.2) is 6.61 Å². The minimum absolute atomic E-state index is 0.116. The van der Waals surface area contributed by atoms with Crippen molar-refractivity contribution < 1.29 is 27.1 Å². The molecule has 1 aromatic carbocycles. The Hall–Kier alpha value is -2.85. The van der Waals surface area contributed by atoms with E-state index in [1.165, 1.54) is 39.8 Å². The highest BCUT2D eigenvalue weighted by Gasteiger charge is 2.33. The Balaban J connectivity index is 1.45. The Morgan fingerprint density at radius 2 is 1.87 bits per heavy atom. The summed E-state index contributed by atoms with van der Waals surface area (Å²) in [5.74, 6) is -1.71. The number of likely N-dealkylation sites (N-methyl/N-ethyl adjacent to an activating group) is 1. The number of hydrogen-bond donors (Lipinski definition) is 0. The Bertz CT molecular complexity index is 1010. The van der Waals surface area contributed by atoms with E-state index in [1.807, 2.05) is 0 Å². The van der Waals surface area contributed by atoms with E-state index in [9.17, 15) is 22.4 Å². The number of rotatable bonds is 7. The van der Waals surface area contributed by atoms with Crippen LogP contribution in [0.15, 0.2) is 53.7 Å². The Morgan fingerprint density at radius 3 is 2.48 bits per heavy atom. The quantitative estimate of drug-likeness (QED) is 0.599. The van der Waals surface area contributed by atoms with Crippen molar-refractivity contribution in [3.63, 3.8) is 0 Å². The molecule has 1 saturated heterocycles. The molecule has 2 aromatic rings. The number of aromatic nitrogens is 1. The number of pyridine rings is 1. The summed E-state index contributed by atoms with van der Waals surface area (Å²) in [6.45, 7) is 0.247. The molecule has 3 rings (SSSR count). The third kappa shape index (κ3) is 5.86. The Labute approximate surface area is 180 Å². The van der Waals surface area contributed by atoms with Crippen LogP contribution in [-0.2, 0) is 30.9 Å². The number of nitrogens with zero attached hydrogens (tertiary/aromatic N) is 3. The van der Waals surface area contributed by atoms with E-state index in [0.717, 1.165) is 5.56 Å². The fourth-order valence-electron chi connectivity index (χ4n) is 3.29. The minimum atomic E-state index is -3.65. The third-order valence-electron chi connectivity index (χ3n) is 5.16. The molecule has 0 radical (unpaired) electrons. The molecule has 0 N–H and O–H groups in total. The summed E-state index contributed by atoms with van der Waals surface area (Å²) >= 11 is 0. The van der Waals surface area contributed by atoms with E-state index in [2.05, 4.69) is 4.98 Å². The highest BCUT2D eigenvalue weighted by molar-refractivity contribution is 7.89. The maximum Gasteiger partial charge on any atom is 0.309 e. The second kappa shape index (κ2) is 9.97. The number of carbonyl (C=O) groups excluding carboxylic acids is 2. The van der Waals surface area contributed by atoms with Crippen LogP contribution in [0.25, 0.3) is 0 Å². The standard InChI is InChI=1S/C21H24FN3O5S/c1-24(14-16-4-6-18(22)7-5-16)20(26)15-30-21(27)17-8-11-25(12-9-17)31(28,29)19-3-2-10-23-13-19/h2-7,10,13,17H,8-9,11-12,14-15H2,1H3. The van der Waals surface area contributed by atoms with Crippen LogP contribution < -0.4 is 0 Å². The molecule has 1 fully saturated rings. The van der Waals surface area contributed by atoms with Crippen LogP contribution in [0.5, 0.6) is 0 Å². The van der Waals surface area contributed by atoms with Gasteiger partial charge in [-0.1, -0.05) is 12.1 Å². The number of halogens is 1. The third-order valence-corrected chi connectivity index (χ3v) is 7.04. The summed E-state index contributed by atoms with van der Waals surface area (Å²) in [6, 6.07) is 8.83. The van der Waals surface area contributed by atoms with Gasteiger partial charge in [0.05, 0.1) is 5.92 Å². The van der Waals surface area contributed by atoms with Crippen molar-refractivity contribution in [3.8, 4) is 0 Å². The van der Waals surface area contributed by atoms with Gasteiger partial charge in [-0.2, -0.15) is 4.31 Å². The summed E-state index contributed by atoms with van der Waals surface area (Å²) in [4.78, 5) is 29.9. The second-order valence-electron chi connectivity index (χ2n) is 7.35. The van der Waals surface area contributed by atoms with Crippen LogP contribution in [-0.4, -0.2) is 61.2 Å². The first kappa shape index (κ1) is 22.8. The maximum absolute atomic E-state index is 13.0. The Kier molecular flexibility index (Phi) is 7.34. The predicted octanol–water partition coefficient (Wildman–Crippen LogP) is 1.82. The molecule has 0 unspecified atom stereocenters. The zero-order valence-corrected chi connectivity index (χ0v) is 17.9. The first-order valence-corrected chi connectivity index (χ1v) is 11.3. The summed E-state index contributed by atoms with van der Waals surface area (Å²) in [5.41, 5.74) is 0.755. The zero-order chi connectivity index (χ0) is 22.4. The number of carbonyl (C=O) groups is 2. The van der Waals surface area contributed by atoms with Crippen LogP contribution in [0, 0.1) is 11.7 Å². The molecular formula is C21H24FN3O5S. The number of benzene rings is 1. The normalized spacial score (nSPS) is 15.4. The van der Waals surface area contributed by atoms with Gasteiger partial charge in [-0.25, -0.2) is 12.8 Å². The molecule has 1 aliphatic heterocycles. The Morgan fingerprint density at radius 1 is 1.19 bits per heavy atom. The van der Waals surface area contributed by atoms with Gasteiger partial charge < -0.3 is 9.64 Å². The highest BCUT2D eigenvalue weighted by atomic mass is 32.2. The summed E-state index contributed by atoms with van der Waals surface area (Å²) < 4.78 is 44.7. The van der Waals surface area contributed by atoms with E-state index in [4.69, 9.17) is 4.74 Å². The van der Waals surface area contributed by atoms with Gasteiger partial charge in [0.2, 0.25) is 10.0 Å². The van der Waals surface area contributed by atoms with Gasteiger partial charge in [-0.3, -0.25) is 14.6 Å². The van der Waals surface area contributed by atoms with Crippen molar-refractivity contribution >= 4 is 21.9 Å². The van der Waals surface area contributed by atoms with Crippen LogP contribution in [0.4, 0.5) is 4.39 Å². The fraction of sp³-hybridized carbons (Fsp3) is 0.381. The smallest absolute Gasteiger partial charge is 0.309 e. The molecular weight excluding hydrogens is 425 g/mol. The topological polar surface area (TPSA) is 96.9 Å². The lowest BCUT2D eigenvalue weighted by Gasteiger charge is -2.30. The molecule has 0 spiro atoms. The van der Waals surface area contributed by atoms with Gasteiger partial charge in [-0.15, -0.1) is 0 Å². The number of piperidine rings is 1. The fourth-order valence-corrected chi connectivity index (χ4v) is 4.73. The van der Waals surface area contributed by atoms with Crippen LogP contribution in [0.3, 0.4) is 0 Å². The summed E-state index contributed by atoms with van der Waals surface area (Å²) in [7, 11) is -2.08. The van der Waals surface area contributed by atoms with E-state index in [0.29, 0.717) is 12.8 Å². The summed E-state index contributed by atoms with van der Waals surface area (Å²) in [6.07, 6.45) is 3.43. The molecule has 1 aromatic heterocycles. The lowest BCUT2D eigenvalue weighted by Crippen LogP contribution is -2.41. The predicted molar refractivity (Wildman–Crippen MR) is 110 cm³/mol. The van der Waals surface area contributed by atoms with Gasteiger partial charge in [0.1, 0.15) is 10.7 Å². The molecule has 0 aliphatic carbocycles. The van der Waals surface area contributed by atoms with E-state index in [-0.39, 0.29) is 36.3 Å². The van der Waals surface area contributed by atoms with Crippen molar-refractivity contribution in [1.82, 2.24) is 14.2 Å². The SMILES string of the molecule is CN(Cc1ccc(F)cc1)C(=O)COC(=O)C1CCN(S(=O)(=O)c2cccnc2)CC1. The van der Waals surface area contributed by atoms with Gasteiger partial charge in [-0.05, 0) is 42.7 Å². The number of sulfonamides is 1. The molecule has 0 saturated carbocycles. The van der Waals surface area contributed by atoms with Gasteiger partial charge >= 0.3 is 5.97 Å². The zero-order valence-electron chi connectivity index (χ0n) is 17.1. The molecule has 0 atom stereocenters. The average molecular weight is 450 g/mol. The molecule has 1 amide bonds. The lowest BCUT2D eigenvalue weighted by atomic mass is 9.98. The molecule has 0 bridgehead atoms.